The summed E-state index contributed by atoms with van der Waals surface area (Å²) in [6, 6.07) is 5.41. The molecular formula is C11H14BrNO3. The lowest BCUT2D eigenvalue weighted by atomic mass is 9.82. The summed E-state index contributed by atoms with van der Waals surface area (Å²) < 4.78 is 5.69. The van der Waals surface area contributed by atoms with Gasteiger partial charge < -0.3 is 9.84 Å². The van der Waals surface area contributed by atoms with Crippen LogP contribution in [-0.4, -0.2) is 29.3 Å². The van der Waals surface area contributed by atoms with Crippen LogP contribution in [0.15, 0.2) is 22.8 Å². The van der Waals surface area contributed by atoms with Crippen LogP contribution < -0.4 is 0 Å². The maximum absolute atomic E-state index is 11.1. The summed E-state index contributed by atoms with van der Waals surface area (Å²) in [5.41, 5.74) is -0.0131. The van der Waals surface area contributed by atoms with Gasteiger partial charge in [-0.2, -0.15) is 0 Å². The van der Waals surface area contributed by atoms with E-state index in [1.807, 2.05) is 6.07 Å². The molecule has 88 valence electrons. The number of hydrogen-bond donors (Lipinski definition) is 1. The fourth-order valence-corrected chi connectivity index (χ4v) is 1.95. The number of nitrogens with zero attached hydrogens (tertiary/aromatic N) is 1. The molecule has 1 rings (SSSR count). The number of methoxy groups -OCH3 is 1. The molecule has 1 atom stereocenters. The molecule has 0 spiro atoms. The number of pyridine rings is 1. The molecule has 0 radical (unpaired) electrons. The van der Waals surface area contributed by atoms with Gasteiger partial charge in [0.1, 0.15) is 4.60 Å². The molecule has 0 aliphatic carbocycles. The Balaban J connectivity index is 3.13. The van der Waals surface area contributed by atoms with Crippen molar-refractivity contribution in [3.63, 3.8) is 0 Å². The van der Waals surface area contributed by atoms with Gasteiger partial charge >= 0.3 is 5.97 Å². The Labute approximate surface area is 103 Å². The Bertz CT molecular complexity index is 393. The number of carboxylic acids is 1. The van der Waals surface area contributed by atoms with Gasteiger partial charge in [0.2, 0.25) is 0 Å². The molecule has 0 saturated carbocycles. The second-order valence-corrected chi connectivity index (χ2v) is 4.83. The SMILES string of the molecule is COC(C(=O)O)C(C)(C)c1cccc(Br)n1. The monoisotopic (exact) mass is 287 g/mol. The molecule has 4 nitrogen and oxygen atoms in total. The Morgan fingerprint density at radius 2 is 2.19 bits per heavy atom. The van der Waals surface area contributed by atoms with E-state index in [1.54, 1.807) is 26.0 Å². The predicted molar refractivity (Wildman–Crippen MR) is 63.4 cm³/mol. The Morgan fingerprint density at radius 1 is 1.56 bits per heavy atom. The summed E-state index contributed by atoms with van der Waals surface area (Å²) >= 11 is 3.26. The first kappa shape index (κ1) is 13.1. The van der Waals surface area contributed by atoms with Gasteiger partial charge in [0.15, 0.2) is 6.10 Å². The Hall–Kier alpha value is -0.940. The first-order valence-electron chi connectivity index (χ1n) is 4.78. The fourth-order valence-electron chi connectivity index (χ4n) is 1.61. The molecule has 0 bridgehead atoms. The van der Waals surface area contributed by atoms with Gasteiger partial charge in [-0.1, -0.05) is 19.9 Å². The molecule has 1 heterocycles. The molecule has 0 amide bonds. The molecule has 0 saturated heterocycles. The van der Waals surface area contributed by atoms with E-state index < -0.39 is 17.5 Å². The number of hydrogen-bond acceptors (Lipinski definition) is 3. The molecule has 1 N–H and O–H groups in total. The normalized spacial score (nSPS) is 13.5. The zero-order valence-corrected chi connectivity index (χ0v) is 11.0. The summed E-state index contributed by atoms with van der Waals surface area (Å²) in [7, 11) is 1.39. The summed E-state index contributed by atoms with van der Waals surface area (Å²) in [5.74, 6) is -0.991. The highest BCUT2D eigenvalue weighted by molar-refractivity contribution is 9.10. The minimum Gasteiger partial charge on any atom is -0.479 e. The minimum atomic E-state index is -0.991. The second kappa shape index (κ2) is 4.93. The third kappa shape index (κ3) is 2.59. The van der Waals surface area contributed by atoms with Crippen LogP contribution in [0.1, 0.15) is 19.5 Å². The van der Waals surface area contributed by atoms with Crippen molar-refractivity contribution >= 4 is 21.9 Å². The van der Waals surface area contributed by atoms with Gasteiger partial charge in [0, 0.05) is 12.5 Å². The molecule has 16 heavy (non-hydrogen) atoms. The highest BCUT2D eigenvalue weighted by atomic mass is 79.9. The lowest BCUT2D eigenvalue weighted by Gasteiger charge is -2.29. The van der Waals surface area contributed by atoms with Crippen LogP contribution in [0, 0.1) is 0 Å². The van der Waals surface area contributed by atoms with Crippen LogP contribution in [0.5, 0.6) is 0 Å². The van der Waals surface area contributed by atoms with Crippen molar-refractivity contribution < 1.29 is 14.6 Å². The number of carbonyl (C=O) groups is 1. The number of carboxylic acid groups (broad SMARTS) is 1. The predicted octanol–water partition coefficient (Wildman–Crippen LogP) is 2.22. The van der Waals surface area contributed by atoms with Gasteiger partial charge in [0.05, 0.1) is 5.69 Å². The van der Waals surface area contributed by atoms with Gasteiger partial charge in [-0.05, 0) is 28.1 Å². The van der Waals surface area contributed by atoms with Crippen LogP contribution in [0.2, 0.25) is 0 Å². The standard InChI is InChI=1S/C11H14BrNO3/c1-11(2,9(16-3)10(14)15)7-5-4-6-8(12)13-7/h4-6,9H,1-3H3,(H,14,15). The number of ether oxygens (including phenoxy) is 1. The van der Waals surface area contributed by atoms with E-state index in [-0.39, 0.29) is 0 Å². The quantitative estimate of drug-likeness (QED) is 0.863. The smallest absolute Gasteiger partial charge is 0.333 e. The highest BCUT2D eigenvalue weighted by Gasteiger charge is 2.38. The van der Waals surface area contributed by atoms with Crippen LogP contribution in [0.25, 0.3) is 0 Å². The van der Waals surface area contributed by atoms with Crippen molar-refractivity contribution in [1.29, 1.82) is 0 Å². The summed E-state index contributed by atoms with van der Waals surface area (Å²) in [6.07, 6.45) is -0.922. The van der Waals surface area contributed by atoms with Crippen LogP contribution in [0.3, 0.4) is 0 Å². The van der Waals surface area contributed by atoms with Crippen molar-refractivity contribution in [2.24, 2.45) is 0 Å². The molecule has 1 aromatic rings. The summed E-state index contributed by atoms with van der Waals surface area (Å²) in [4.78, 5) is 15.3. The number of halogens is 1. The largest absolute Gasteiger partial charge is 0.479 e. The maximum atomic E-state index is 11.1. The second-order valence-electron chi connectivity index (χ2n) is 4.02. The first-order chi connectivity index (χ1) is 7.39. The van der Waals surface area contributed by atoms with Crippen molar-refractivity contribution in [1.82, 2.24) is 4.98 Å². The highest BCUT2D eigenvalue weighted by Crippen LogP contribution is 2.28. The number of rotatable bonds is 4. The van der Waals surface area contributed by atoms with E-state index >= 15 is 0 Å². The zero-order valence-electron chi connectivity index (χ0n) is 9.40. The first-order valence-corrected chi connectivity index (χ1v) is 5.57. The maximum Gasteiger partial charge on any atom is 0.333 e. The molecule has 1 aromatic heterocycles. The number of aromatic nitrogens is 1. The van der Waals surface area contributed by atoms with E-state index in [1.165, 1.54) is 7.11 Å². The molecule has 0 aromatic carbocycles. The van der Waals surface area contributed by atoms with E-state index in [2.05, 4.69) is 20.9 Å². The third-order valence-electron chi connectivity index (χ3n) is 2.49. The van der Waals surface area contributed by atoms with Crippen molar-refractivity contribution in [2.45, 2.75) is 25.4 Å². The van der Waals surface area contributed by atoms with Crippen LogP contribution >= 0.6 is 15.9 Å². The molecular weight excluding hydrogens is 274 g/mol. The average molecular weight is 288 g/mol. The van der Waals surface area contributed by atoms with Gasteiger partial charge in [-0.25, -0.2) is 9.78 Å². The average Bonchev–Trinajstić information content (AvgIpc) is 2.17. The van der Waals surface area contributed by atoms with Gasteiger partial charge in [-0.3, -0.25) is 0 Å². The molecule has 1 unspecified atom stereocenters. The van der Waals surface area contributed by atoms with Crippen molar-refractivity contribution in [3.8, 4) is 0 Å². The lowest BCUT2D eigenvalue weighted by Crippen LogP contribution is -2.42. The Morgan fingerprint density at radius 3 is 2.62 bits per heavy atom. The van der Waals surface area contributed by atoms with Gasteiger partial charge in [-0.15, -0.1) is 0 Å². The van der Waals surface area contributed by atoms with E-state index in [0.29, 0.717) is 10.3 Å². The third-order valence-corrected chi connectivity index (χ3v) is 2.93. The number of aliphatic carboxylic acids is 1. The summed E-state index contributed by atoms with van der Waals surface area (Å²) in [5, 5.41) is 9.07. The van der Waals surface area contributed by atoms with E-state index in [0.717, 1.165) is 0 Å². The zero-order chi connectivity index (χ0) is 12.3. The molecule has 0 aliphatic heterocycles. The summed E-state index contributed by atoms with van der Waals surface area (Å²) in [6.45, 7) is 3.59. The van der Waals surface area contributed by atoms with Crippen molar-refractivity contribution in [3.05, 3.63) is 28.5 Å². The van der Waals surface area contributed by atoms with Crippen LogP contribution in [0.4, 0.5) is 0 Å². The van der Waals surface area contributed by atoms with Crippen LogP contribution in [-0.2, 0) is 14.9 Å². The van der Waals surface area contributed by atoms with Crippen molar-refractivity contribution in [2.75, 3.05) is 7.11 Å². The Kier molecular flexibility index (Phi) is 4.04. The minimum absolute atomic E-state index is 0.677. The van der Waals surface area contributed by atoms with E-state index in [4.69, 9.17) is 9.84 Å². The molecule has 0 aliphatic rings. The topological polar surface area (TPSA) is 59.4 Å². The molecule has 5 heteroatoms. The van der Waals surface area contributed by atoms with E-state index in [9.17, 15) is 4.79 Å². The fraction of sp³-hybridized carbons (Fsp3) is 0.455. The van der Waals surface area contributed by atoms with Gasteiger partial charge in [0.25, 0.3) is 0 Å². The lowest BCUT2D eigenvalue weighted by molar-refractivity contribution is -0.152. The molecule has 0 fully saturated rings.